The smallest absolute Gasteiger partial charge is 0.253 e. The van der Waals surface area contributed by atoms with E-state index < -0.39 is 0 Å². The van der Waals surface area contributed by atoms with Crippen LogP contribution < -0.4 is 5.32 Å². The summed E-state index contributed by atoms with van der Waals surface area (Å²) in [6, 6.07) is 10.6. The van der Waals surface area contributed by atoms with Gasteiger partial charge in [-0.2, -0.15) is 11.3 Å². The Balaban J connectivity index is 1.82. The molecule has 1 aromatic carbocycles. The zero-order chi connectivity index (χ0) is 19.6. The SMILES string of the molecule is Cc1cc(C(=O)NC[C@@H](c2ccsc2)N(C)C)c(C)n1-c1ccccc1F. The van der Waals surface area contributed by atoms with Crippen molar-refractivity contribution >= 4 is 17.2 Å². The van der Waals surface area contributed by atoms with Gasteiger partial charge in [0.05, 0.1) is 17.3 Å². The van der Waals surface area contributed by atoms with Crippen LogP contribution in [0.3, 0.4) is 0 Å². The molecule has 0 radical (unpaired) electrons. The summed E-state index contributed by atoms with van der Waals surface area (Å²) in [7, 11) is 4.00. The second-order valence-corrected chi connectivity index (χ2v) is 7.60. The molecule has 1 amide bonds. The van der Waals surface area contributed by atoms with Gasteiger partial charge in [0, 0.05) is 17.9 Å². The molecule has 3 aromatic rings. The number of rotatable bonds is 6. The van der Waals surface area contributed by atoms with E-state index in [9.17, 15) is 9.18 Å². The Morgan fingerprint density at radius 2 is 2.00 bits per heavy atom. The molecule has 0 fully saturated rings. The van der Waals surface area contributed by atoms with Gasteiger partial charge in [0.15, 0.2) is 0 Å². The summed E-state index contributed by atoms with van der Waals surface area (Å²) in [5.74, 6) is -0.454. The van der Waals surface area contributed by atoms with Crippen molar-refractivity contribution in [3.8, 4) is 5.69 Å². The van der Waals surface area contributed by atoms with Gasteiger partial charge in [-0.05, 0) is 68.5 Å². The predicted octanol–water partition coefficient (Wildman–Crippen LogP) is 4.33. The van der Waals surface area contributed by atoms with Crippen molar-refractivity contribution in [2.45, 2.75) is 19.9 Å². The molecule has 6 heteroatoms. The van der Waals surface area contributed by atoms with Crippen LogP contribution >= 0.6 is 11.3 Å². The number of para-hydroxylation sites is 1. The van der Waals surface area contributed by atoms with Crippen LogP contribution in [0.5, 0.6) is 0 Å². The minimum absolute atomic E-state index is 0.107. The summed E-state index contributed by atoms with van der Waals surface area (Å²) in [5, 5.41) is 7.17. The van der Waals surface area contributed by atoms with Gasteiger partial charge in [-0.15, -0.1) is 0 Å². The van der Waals surface area contributed by atoms with E-state index in [-0.39, 0.29) is 17.8 Å². The summed E-state index contributed by atoms with van der Waals surface area (Å²) in [6.45, 7) is 4.23. The number of halogens is 1. The van der Waals surface area contributed by atoms with E-state index in [1.165, 1.54) is 11.6 Å². The first-order chi connectivity index (χ1) is 12.9. The Labute approximate surface area is 163 Å². The first-order valence-corrected chi connectivity index (χ1v) is 9.75. The molecule has 0 saturated carbocycles. The first kappa shape index (κ1) is 19.3. The number of thiophene rings is 1. The quantitative estimate of drug-likeness (QED) is 0.686. The molecule has 0 saturated heterocycles. The van der Waals surface area contributed by atoms with E-state index in [4.69, 9.17) is 0 Å². The van der Waals surface area contributed by atoms with Gasteiger partial charge in [0.1, 0.15) is 5.82 Å². The van der Waals surface area contributed by atoms with Crippen molar-refractivity contribution in [3.63, 3.8) is 0 Å². The number of amides is 1. The first-order valence-electron chi connectivity index (χ1n) is 8.80. The van der Waals surface area contributed by atoms with E-state index in [1.807, 2.05) is 39.4 Å². The number of nitrogens with zero attached hydrogens (tertiary/aromatic N) is 2. The summed E-state index contributed by atoms with van der Waals surface area (Å²) in [5.41, 5.74) is 3.76. The average molecular weight is 386 g/mol. The van der Waals surface area contributed by atoms with Gasteiger partial charge in [-0.3, -0.25) is 4.79 Å². The van der Waals surface area contributed by atoms with Crippen molar-refractivity contribution in [1.82, 2.24) is 14.8 Å². The van der Waals surface area contributed by atoms with Crippen LogP contribution in [-0.4, -0.2) is 36.0 Å². The molecule has 142 valence electrons. The van der Waals surface area contributed by atoms with Gasteiger partial charge in [0.2, 0.25) is 0 Å². The number of hydrogen-bond acceptors (Lipinski definition) is 3. The molecule has 3 rings (SSSR count). The van der Waals surface area contributed by atoms with Gasteiger partial charge >= 0.3 is 0 Å². The van der Waals surface area contributed by atoms with Crippen LogP contribution in [0.4, 0.5) is 4.39 Å². The largest absolute Gasteiger partial charge is 0.350 e. The highest BCUT2D eigenvalue weighted by Gasteiger charge is 2.20. The van der Waals surface area contributed by atoms with Gasteiger partial charge < -0.3 is 14.8 Å². The molecule has 0 spiro atoms. The number of aromatic nitrogens is 1. The number of nitrogens with one attached hydrogen (secondary N) is 1. The fourth-order valence-electron chi connectivity index (χ4n) is 3.34. The van der Waals surface area contributed by atoms with Gasteiger partial charge in [-0.1, -0.05) is 12.1 Å². The van der Waals surface area contributed by atoms with Gasteiger partial charge in [-0.25, -0.2) is 4.39 Å². The zero-order valence-corrected chi connectivity index (χ0v) is 16.8. The van der Waals surface area contributed by atoms with Crippen molar-refractivity contribution in [2.75, 3.05) is 20.6 Å². The monoisotopic (exact) mass is 385 g/mol. The molecule has 0 aliphatic heterocycles. The maximum absolute atomic E-state index is 14.2. The van der Waals surface area contributed by atoms with Crippen molar-refractivity contribution < 1.29 is 9.18 Å². The van der Waals surface area contributed by atoms with Crippen LogP contribution in [0, 0.1) is 19.7 Å². The highest BCUT2D eigenvalue weighted by atomic mass is 32.1. The second-order valence-electron chi connectivity index (χ2n) is 6.82. The van der Waals surface area contributed by atoms with Crippen molar-refractivity contribution in [1.29, 1.82) is 0 Å². The molecule has 27 heavy (non-hydrogen) atoms. The minimum Gasteiger partial charge on any atom is -0.350 e. The van der Waals surface area contributed by atoms with Crippen molar-refractivity contribution in [3.05, 3.63) is 75.5 Å². The number of likely N-dealkylation sites (N-methyl/N-ethyl adjacent to an activating group) is 1. The highest BCUT2D eigenvalue weighted by Crippen LogP contribution is 2.24. The average Bonchev–Trinajstić information content (AvgIpc) is 3.24. The lowest BCUT2D eigenvalue weighted by Gasteiger charge is -2.24. The number of carbonyl (C=O) groups excluding carboxylic acids is 1. The lowest BCUT2D eigenvalue weighted by Crippen LogP contribution is -2.34. The zero-order valence-electron chi connectivity index (χ0n) is 16.0. The topological polar surface area (TPSA) is 37.3 Å². The van der Waals surface area contributed by atoms with E-state index in [0.29, 0.717) is 17.8 Å². The molecule has 0 aliphatic carbocycles. The molecular weight excluding hydrogens is 361 g/mol. The van der Waals surface area contributed by atoms with Crippen LogP contribution in [0.1, 0.15) is 33.4 Å². The normalized spacial score (nSPS) is 12.4. The third-order valence-corrected chi connectivity index (χ3v) is 5.48. The van der Waals surface area contributed by atoms with Gasteiger partial charge in [0.25, 0.3) is 5.91 Å². The standard InChI is InChI=1S/C21H24FN3OS/c1-14-11-17(15(2)25(14)19-8-6-5-7-18(19)22)21(26)23-12-20(24(3)4)16-9-10-27-13-16/h5-11,13,20H,12H2,1-4H3,(H,23,26)/t20-/m0/s1. The number of carbonyl (C=O) groups is 1. The Morgan fingerprint density at radius 1 is 1.26 bits per heavy atom. The van der Waals surface area contributed by atoms with E-state index in [0.717, 1.165) is 11.4 Å². The number of hydrogen-bond donors (Lipinski definition) is 1. The summed E-state index contributed by atoms with van der Waals surface area (Å²) < 4.78 is 16.0. The molecule has 0 aliphatic rings. The molecule has 1 atom stereocenters. The lowest BCUT2D eigenvalue weighted by molar-refractivity contribution is 0.0941. The fourth-order valence-corrected chi connectivity index (χ4v) is 4.05. The fraction of sp³-hybridized carbons (Fsp3) is 0.286. The molecule has 0 unspecified atom stereocenters. The molecule has 0 bridgehead atoms. The molecular formula is C21H24FN3OS. The second kappa shape index (κ2) is 8.06. The maximum atomic E-state index is 14.2. The third kappa shape index (κ3) is 3.96. The number of aryl methyl sites for hydroxylation is 1. The van der Waals surface area contributed by atoms with Crippen LogP contribution in [0.2, 0.25) is 0 Å². The molecule has 4 nitrogen and oxygen atoms in total. The molecule has 1 N–H and O–H groups in total. The Morgan fingerprint density at radius 3 is 2.63 bits per heavy atom. The Hall–Kier alpha value is -2.44. The maximum Gasteiger partial charge on any atom is 0.253 e. The summed E-state index contributed by atoms with van der Waals surface area (Å²) in [6.07, 6.45) is 0. The highest BCUT2D eigenvalue weighted by molar-refractivity contribution is 7.07. The summed E-state index contributed by atoms with van der Waals surface area (Å²) in [4.78, 5) is 14.9. The van der Waals surface area contributed by atoms with Crippen LogP contribution in [0.25, 0.3) is 5.69 Å². The third-order valence-electron chi connectivity index (χ3n) is 4.78. The van der Waals surface area contributed by atoms with Crippen molar-refractivity contribution in [2.24, 2.45) is 0 Å². The number of benzene rings is 1. The van der Waals surface area contributed by atoms with E-state index in [2.05, 4.69) is 21.7 Å². The predicted molar refractivity (Wildman–Crippen MR) is 108 cm³/mol. The minimum atomic E-state index is -0.309. The van der Waals surface area contributed by atoms with E-state index in [1.54, 1.807) is 34.1 Å². The van der Waals surface area contributed by atoms with E-state index >= 15 is 0 Å². The molecule has 2 heterocycles. The molecule has 2 aromatic heterocycles. The summed E-state index contributed by atoms with van der Waals surface area (Å²) >= 11 is 1.64. The Kier molecular flexibility index (Phi) is 5.77. The van der Waals surface area contributed by atoms with Crippen LogP contribution in [-0.2, 0) is 0 Å². The lowest BCUT2D eigenvalue weighted by atomic mass is 10.1. The van der Waals surface area contributed by atoms with Crippen LogP contribution in [0.15, 0.2) is 47.2 Å². The Bertz CT molecular complexity index is 931.